The number of halogens is 1. The fraction of sp³-hybridized carbons (Fsp3) is 0.350. The molecule has 3 heterocycles. The molecule has 4 rings (SSSR count). The van der Waals surface area contributed by atoms with E-state index in [-0.39, 0.29) is 16.8 Å². The molecule has 1 saturated heterocycles. The number of aromatic nitrogens is 2. The minimum Gasteiger partial charge on any atom is -0.477 e. The summed E-state index contributed by atoms with van der Waals surface area (Å²) in [4.78, 5) is 32.6. The van der Waals surface area contributed by atoms with Crippen molar-refractivity contribution in [1.29, 1.82) is 0 Å². The molecule has 2 aromatic heterocycles. The molecule has 146 valence electrons. The van der Waals surface area contributed by atoms with E-state index in [2.05, 4.69) is 9.88 Å². The third-order valence-corrected chi connectivity index (χ3v) is 5.41. The number of likely N-dealkylation sites (N-methyl/N-ethyl adjacent to an activating group) is 1. The number of hydrogen-bond acceptors (Lipinski definition) is 5. The average molecular weight is 384 g/mol. The predicted octanol–water partition coefficient (Wildman–Crippen LogP) is 2.16. The van der Waals surface area contributed by atoms with Crippen molar-refractivity contribution in [2.75, 3.05) is 32.1 Å². The molecule has 0 bridgehead atoms. The standard InChI is InChI=1S/C20H21FN4O3/c1-4-24-10-14(20(27)28)18(26)13-5-11-6-15(21)17(7-16(11)22-19(13)24)25-8-12(9-25)23(2)3/h5-7,10,12H,4,8-9H2,1-3H3,(H,27,28). The molecular formula is C20H21FN4O3. The van der Waals surface area contributed by atoms with Crippen LogP contribution in [0, 0.1) is 5.82 Å². The van der Waals surface area contributed by atoms with E-state index in [1.165, 1.54) is 18.3 Å². The zero-order valence-corrected chi connectivity index (χ0v) is 15.9. The first-order valence-corrected chi connectivity index (χ1v) is 9.12. The molecule has 0 saturated carbocycles. The second-order valence-corrected chi connectivity index (χ2v) is 7.34. The van der Waals surface area contributed by atoms with Crippen LogP contribution in [0.4, 0.5) is 10.1 Å². The van der Waals surface area contributed by atoms with E-state index in [1.807, 2.05) is 25.9 Å². The van der Waals surface area contributed by atoms with Crippen LogP contribution < -0.4 is 10.3 Å². The van der Waals surface area contributed by atoms with Gasteiger partial charge in [0.15, 0.2) is 0 Å². The van der Waals surface area contributed by atoms with Gasteiger partial charge in [-0.05, 0) is 39.2 Å². The highest BCUT2D eigenvalue weighted by Crippen LogP contribution is 2.30. The molecule has 0 spiro atoms. The second kappa shape index (κ2) is 6.56. The molecule has 7 nitrogen and oxygen atoms in total. The van der Waals surface area contributed by atoms with E-state index in [0.29, 0.717) is 34.8 Å². The van der Waals surface area contributed by atoms with Gasteiger partial charge in [-0.1, -0.05) is 0 Å². The average Bonchev–Trinajstić information content (AvgIpc) is 2.59. The van der Waals surface area contributed by atoms with Gasteiger partial charge in [0.25, 0.3) is 0 Å². The number of pyridine rings is 2. The smallest absolute Gasteiger partial charge is 0.341 e. The first kappa shape index (κ1) is 18.4. The van der Waals surface area contributed by atoms with Crippen molar-refractivity contribution < 1.29 is 14.3 Å². The minimum absolute atomic E-state index is 0.179. The molecule has 0 atom stereocenters. The first-order chi connectivity index (χ1) is 13.3. The molecule has 0 radical (unpaired) electrons. The second-order valence-electron chi connectivity index (χ2n) is 7.34. The van der Waals surface area contributed by atoms with Crippen LogP contribution in [0.2, 0.25) is 0 Å². The number of aromatic carboxylic acids is 1. The van der Waals surface area contributed by atoms with Gasteiger partial charge in [0, 0.05) is 37.3 Å². The molecule has 0 unspecified atom stereocenters. The van der Waals surface area contributed by atoms with Crippen LogP contribution in [-0.2, 0) is 6.54 Å². The number of rotatable bonds is 4. The number of aryl methyl sites for hydroxylation is 1. The fourth-order valence-electron chi connectivity index (χ4n) is 3.59. The van der Waals surface area contributed by atoms with Gasteiger partial charge in [-0.2, -0.15) is 0 Å². The van der Waals surface area contributed by atoms with Gasteiger partial charge in [-0.3, -0.25) is 4.79 Å². The highest BCUT2D eigenvalue weighted by Gasteiger charge is 2.30. The number of carbonyl (C=O) groups is 1. The van der Waals surface area contributed by atoms with Crippen molar-refractivity contribution in [3.05, 3.63) is 46.0 Å². The Balaban J connectivity index is 1.89. The third kappa shape index (κ3) is 2.80. The predicted molar refractivity (Wildman–Crippen MR) is 106 cm³/mol. The molecule has 28 heavy (non-hydrogen) atoms. The summed E-state index contributed by atoms with van der Waals surface area (Å²) in [6, 6.07) is 4.98. The Labute approximate surface area is 160 Å². The molecular weight excluding hydrogens is 363 g/mol. The number of carboxylic acids is 1. The van der Waals surface area contributed by atoms with Crippen LogP contribution >= 0.6 is 0 Å². The van der Waals surface area contributed by atoms with E-state index in [4.69, 9.17) is 0 Å². The first-order valence-electron chi connectivity index (χ1n) is 9.12. The Kier molecular flexibility index (Phi) is 4.30. The van der Waals surface area contributed by atoms with Crippen molar-refractivity contribution >= 4 is 33.6 Å². The molecule has 1 aliphatic heterocycles. The van der Waals surface area contributed by atoms with Crippen LogP contribution in [-0.4, -0.2) is 58.8 Å². The number of anilines is 1. The maximum absolute atomic E-state index is 14.7. The number of nitrogens with zero attached hydrogens (tertiary/aromatic N) is 4. The van der Waals surface area contributed by atoms with Crippen LogP contribution in [0.3, 0.4) is 0 Å². The van der Waals surface area contributed by atoms with Crippen LogP contribution in [0.5, 0.6) is 0 Å². The number of fused-ring (bicyclic) bond motifs is 2. The Hall–Kier alpha value is -3.00. The van der Waals surface area contributed by atoms with Crippen molar-refractivity contribution in [3.63, 3.8) is 0 Å². The summed E-state index contributed by atoms with van der Waals surface area (Å²) < 4.78 is 16.3. The van der Waals surface area contributed by atoms with Gasteiger partial charge >= 0.3 is 5.97 Å². The molecule has 0 amide bonds. The Morgan fingerprint density at radius 3 is 2.64 bits per heavy atom. The van der Waals surface area contributed by atoms with Gasteiger partial charge in [0.2, 0.25) is 5.43 Å². The number of hydrogen-bond donors (Lipinski definition) is 1. The molecule has 1 fully saturated rings. The Morgan fingerprint density at radius 2 is 2.04 bits per heavy atom. The quantitative estimate of drug-likeness (QED) is 0.695. The van der Waals surface area contributed by atoms with Crippen molar-refractivity contribution in [3.8, 4) is 0 Å². The summed E-state index contributed by atoms with van der Waals surface area (Å²) in [7, 11) is 4.00. The summed E-state index contributed by atoms with van der Waals surface area (Å²) in [6.45, 7) is 3.79. The van der Waals surface area contributed by atoms with E-state index in [9.17, 15) is 19.1 Å². The summed E-state index contributed by atoms with van der Waals surface area (Å²) in [5.41, 5.74) is 0.537. The highest BCUT2D eigenvalue weighted by atomic mass is 19.1. The molecule has 1 aromatic carbocycles. The van der Waals surface area contributed by atoms with Crippen LogP contribution in [0.15, 0.2) is 29.2 Å². The maximum Gasteiger partial charge on any atom is 0.341 e. The lowest BCUT2D eigenvalue weighted by Gasteiger charge is -2.44. The lowest BCUT2D eigenvalue weighted by Crippen LogP contribution is -2.57. The lowest BCUT2D eigenvalue weighted by atomic mass is 10.0. The largest absolute Gasteiger partial charge is 0.477 e. The monoisotopic (exact) mass is 384 g/mol. The van der Waals surface area contributed by atoms with Crippen LogP contribution in [0.25, 0.3) is 21.9 Å². The summed E-state index contributed by atoms with van der Waals surface area (Å²) in [6.07, 6.45) is 1.31. The van der Waals surface area contributed by atoms with Crippen molar-refractivity contribution in [2.45, 2.75) is 19.5 Å². The van der Waals surface area contributed by atoms with E-state index in [0.717, 1.165) is 13.1 Å². The molecule has 8 heteroatoms. The molecule has 1 aliphatic rings. The Morgan fingerprint density at radius 1 is 1.32 bits per heavy atom. The fourth-order valence-corrected chi connectivity index (χ4v) is 3.59. The SMILES string of the molecule is CCn1cc(C(=O)O)c(=O)c2cc3cc(F)c(N4CC(N(C)C)C4)cc3nc21. The minimum atomic E-state index is -1.29. The maximum atomic E-state index is 14.7. The topological polar surface area (TPSA) is 78.7 Å². The third-order valence-electron chi connectivity index (χ3n) is 5.41. The highest BCUT2D eigenvalue weighted by molar-refractivity contribution is 5.96. The van der Waals surface area contributed by atoms with Gasteiger partial charge in [0.05, 0.1) is 16.6 Å². The lowest BCUT2D eigenvalue weighted by molar-refractivity contribution is 0.0695. The normalized spacial score (nSPS) is 14.8. The molecule has 3 aromatic rings. The Bertz CT molecular complexity index is 1170. The number of benzene rings is 1. The zero-order valence-electron chi connectivity index (χ0n) is 15.9. The van der Waals surface area contributed by atoms with Crippen LogP contribution in [0.1, 0.15) is 17.3 Å². The van der Waals surface area contributed by atoms with E-state index in [1.54, 1.807) is 10.6 Å². The van der Waals surface area contributed by atoms with Gasteiger partial charge in [-0.25, -0.2) is 14.2 Å². The van der Waals surface area contributed by atoms with E-state index >= 15 is 0 Å². The van der Waals surface area contributed by atoms with Crippen molar-refractivity contribution in [1.82, 2.24) is 14.5 Å². The summed E-state index contributed by atoms with van der Waals surface area (Å²) in [5, 5.41) is 9.94. The van der Waals surface area contributed by atoms with Gasteiger partial charge in [0.1, 0.15) is 17.0 Å². The zero-order chi connectivity index (χ0) is 20.2. The van der Waals surface area contributed by atoms with Gasteiger partial charge < -0.3 is 19.5 Å². The molecule has 1 N–H and O–H groups in total. The molecule has 0 aliphatic carbocycles. The summed E-state index contributed by atoms with van der Waals surface area (Å²) in [5.74, 6) is -1.67. The van der Waals surface area contributed by atoms with Gasteiger partial charge in [-0.15, -0.1) is 0 Å². The number of carboxylic acid groups (broad SMARTS) is 1. The summed E-state index contributed by atoms with van der Waals surface area (Å²) >= 11 is 0. The van der Waals surface area contributed by atoms with Crippen molar-refractivity contribution in [2.24, 2.45) is 0 Å². The van der Waals surface area contributed by atoms with E-state index < -0.39 is 11.4 Å².